The van der Waals surface area contributed by atoms with E-state index in [2.05, 4.69) is 10.2 Å². The normalized spacial score (nSPS) is 34.7. The molecule has 0 aromatic rings. The molecule has 1 heterocycles. The van der Waals surface area contributed by atoms with Gasteiger partial charge in [-0.3, -0.25) is 4.90 Å². The number of piperidine rings is 1. The van der Waals surface area contributed by atoms with E-state index >= 15 is 0 Å². The Labute approximate surface area is 113 Å². The van der Waals surface area contributed by atoms with Crippen LogP contribution in [0.25, 0.3) is 0 Å². The third-order valence-corrected chi connectivity index (χ3v) is 5.55. The number of fused-ring (bicyclic) bond motifs is 1. The molecule has 2 nitrogen and oxygen atoms in total. The van der Waals surface area contributed by atoms with Crippen LogP contribution in [0.2, 0.25) is 0 Å². The van der Waals surface area contributed by atoms with Crippen molar-refractivity contribution in [3.05, 3.63) is 0 Å². The lowest BCUT2D eigenvalue weighted by Gasteiger charge is -2.44. The molecule has 0 bridgehead atoms. The molecule has 1 N–H and O–H groups in total. The Kier molecular flexibility index (Phi) is 4.58. The average molecular weight is 250 g/mol. The van der Waals surface area contributed by atoms with Gasteiger partial charge in [-0.05, 0) is 51.0 Å². The third-order valence-electron chi connectivity index (χ3n) is 5.55. The zero-order valence-corrected chi connectivity index (χ0v) is 11.9. The number of rotatable bonds is 4. The SMILES string of the molecule is C1CCC(NCCN2CCC[C@H]3CCCC[C@H]32)C1. The summed E-state index contributed by atoms with van der Waals surface area (Å²) in [5.74, 6) is 1.04. The van der Waals surface area contributed by atoms with Gasteiger partial charge in [-0.15, -0.1) is 0 Å². The molecule has 1 saturated heterocycles. The first-order chi connectivity index (χ1) is 8.93. The zero-order chi connectivity index (χ0) is 12.2. The fourth-order valence-corrected chi connectivity index (χ4v) is 4.55. The summed E-state index contributed by atoms with van der Waals surface area (Å²) in [6.07, 6.45) is 14.7. The van der Waals surface area contributed by atoms with Crippen LogP contribution in [0.5, 0.6) is 0 Å². The minimum Gasteiger partial charge on any atom is -0.313 e. The van der Waals surface area contributed by atoms with Gasteiger partial charge in [-0.1, -0.05) is 25.7 Å². The van der Waals surface area contributed by atoms with E-state index in [1.165, 1.54) is 83.8 Å². The molecule has 0 radical (unpaired) electrons. The van der Waals surface area contributed by atoms with Crippen molar-refractivity contribution in [2.24, 2.45) is 5.92 Å². The lowest BCUT2D eigenvalue weighted by atomic mass is 9.78. The fourth-order valence-electron chi connectivity index (χ4n) is 4.55. The summed E-state index contributed by atoms with van der Waals surface area (Å²) in [7, 11) is 0. The Bertz CT molecular complexity index is 245. The van der Waals surface area contributed by atoms with E-state index in [-0.39, 0.29) is 0 Å². The van der Waals surface area contributed by atoms with Crippen molar-refractivity contribution in [3.63, 3.8) is 0 Å². The smallest absolute Gasteiger partial charge is 0.0124 e. The van der Waals surface area contributed by atoms with E-state index < -0.39 is 0 Å². The molecule has 104 valence electrons. The van der Waals surface area contributed by atoms with Crippen LogP contribution in [-0.4, -0.2) is 36.6 Å². The van der Waals surface area contributed by atoms with Gasteiger partial charge in [-0.2, -0.15) is 0 Å². The highest BCUT2D eigenvalue weighted by Crippen LogP contribution is 2.34. The van der Waals surface area contributed by atoms with Gasteiger partial charge < -0.3 is 5.32 Å². The van der Waals surface area contributed by atoms with Crippen molar-refractivity contribution in [2.45, 2.75) is 76.3 Å². The van der Waals surface area contributed by atoms with E-state index in [4.69, 9.17) is 0 Å². The van der Waals surface area contributed by atoms with E-state index in [0.717, 1.165) is 18.0 Å². The second-order valence-corrected chi connectivity index (χ2v) is 6.73. The monoisotopic (exact) mass is 250 g/mol. The lowest BCUT2D eigenvalue weighted by Crippen LogP contribution is -2.49. The summed E-state index contributed by atoms with van der Waals surface area (Å²) in [6, 6.07) is 1.79. The summed E-state index contributed by atoms with van der Waals surface area (Å²) in [5, 5.41) is 3.78. The van der Waals surface area contributed by atoms with Crippen molar-refractivity contribution in [1.82, 2.24) is 10.2 Å². The van der Waals surface area contributed by atoms with Crippen molar-refractivity contribution in [2.75, 3.05) is 19.6 Å². The first-order valence-corrected chi connectivity index (χ1v) is 8.41. The Balaban J connectivity index is 1.42. The van der Waals surface area contributed by atoms with Crippen LogP contribution in [-0.2, 0) is 0 Å². The summed E-state index contributed by atoms with van der Waals surface area (Å²) in [5.41, 5.74) is 0. The highest BCUT2D eigenvalue weighted by Gasteiger charge is 2.32. The third kappa shape index (κ3) is 3.08. The molecule has 1 aliphatic heterocycles. The molecule has 2 aliphatic carbocycles. The number of nitrogens with zero attached hydrogens (tertiary/aromatic N) is 1. The van der Waals surface area contributed by atoms with Crippen LogP contribution in [0.1, 0.15) is 64.2 Å². The lowest BCUT2D eigenvalue weighted by molar-refractivity contribution is 0.0613. The van der Waals surface area contributed by atoms with Crippen LogP contribution in [0.4, 0.5) is 0 Å². The first-order valence-electron chi connectivity index (χ1n) is 8.41. The summed E-state index contributed by atoms with van der Waals surface area (Å²) in [4.78, 5) is 2.81. The molecule has 0 spiro atoms. The van der Waals surface area contributed by atoms with Crippen molar-refractivity contribution in [1.29, 1.82) is 0 Å². The van der Waals surface area contributed by atoms with Gasteiger partial charge in [0.25, 0.3) is 0 Å². The van der Waals surface area contributed by atoms with E-state index in [9.17, 15) is 0 Å². The van der Waals surface area contributed by atoms with Gasteiger partial charge in [0, 0.05) is 25.2 Å². The van der Waals surface area contributed by atoms with Crippen molar-refractivity contribution >= 4 is 0 Å². The molecule has 2 heteroatoms. The summed E-state index contributed by atoms with van der Waals surface area (Å²) >= 11 is 0. The van der Waals surface area contributed by atoms with Gasteiger partial charge in [0.15, 0.2) is 0 Å². The van der Waals surface area contributed by atoms with Crippen LogP contribution in [0.15, 0.2) is 0 Å². The quantitative estimate of drug-likeness (QED) is 0.824. The topological polar surface area (TPSA) is 15.3 Å². The maximum Gasteiger partial charge on any atom is 0.0124 e. The van der Waals surface area contributed by atoms with Gasteiger partial charge in [-0.25, -0.2) is 0 Å². The predicted octanol–water partition coefficient (Wildman–Crippen LogP) is 3.17. The molecule has 3 aliphatic rings. The van der Waals surface area contributed by atoms with Gasteiger partial charge in [0.2, 0.25) is 0 Å². The van der Waals surface area contributed by atoms with Crippen molar-refractivity contribution < 1.29 is 0 Å². The second-order valence-electron chi connectivity index (χ2n) is 6.73. The maximum absolute atomic E-state index is 3.78. The van der Waals surface area contributed by atoms with Crippen LogP contribution < -0.4 is 5.32 Å². The Morgan fingerprint density at radius 2 is 1.56 bits per heavy atom. The van der Waals surface area contributed by atoms with Gasteiger partial charge >= 0.3 is 0 Å². The molecule has 3 fully saturated rings. The molecular formula is C16H30N2. The first kappa shape index (κ1) is 12.9. The number of likely N-dealkylation sites (tertiary alicyclic amines) is 1. The Hall–Kier alpha value is -0.0800. The molecule has 0 aromatic heterocycles. The highest BCUT2D eigenvalue weighted by atomic mass is 15.2. The maximum atomic E-state index is 3.78. The molecule has 0 aromatic carbocycles. The molecule has 2 saturated carbocycles. The predicted molar refractivity (Wildman–Crippen MR) is 76.8 cm³/mol. The minimum absolute atomic E-state index is 0.844. The zero-order valence-electron chi connectivity index (χ0n) is 11.9. The minimum atomic E-state index is 0.844. The number of nitrogens with one attached hydrogen (secondary N) is 1. The van der Waals surface area contributed by atoms with Gasteiger partial charge in [0.05, 0.1) is 0 Å². The molecule has 18 heavy (non-hydrogen) atoms. The fraction of sp³-hybridized carbons (Fsp3) is 1.00. The van der Waals surface area contributed by atoms with Crippen LogP contribution in [0, 0.1) is 5.92 Å². The highest BCUT2D eigenvalue weighted by molar-refractivity contribution is 4.87. The van der Waals surface area contributed by atoms with Crippen LogP contribution in [0.3, 0.4) is 0 Å². The second kappa shape index (κ2) is 6.38. The molecule has 0 unspecified atom stereocenters. The van der Waals surface area contributed by atoms with E-state index in [1.54, 1.807) is 0 Å². The Morgan fingerprint density at radius 1 is 0.833 bits per heavy atom. The Morgan fingerprint density at radius 3 is 2.44 bits per heavy atom. The molecule has 0 amide bonds. The summed E-state index contributed by atoms with van der Waals surface area (Å²) in [6.45, 7) is 3.90. The summed E-state index contributed by atoms with van der Waals surface area (Å²) < 4.78 is 0. The average Bonchev–Trinajstić information content (AvgIpc) is 2.92. The van der Waals surface area contributed by atoms with E-state index in [1.807, 2.05) is 0 Å². The van der Waals surface area contributed by atoms with Crippen molar-refractivity contribution in [3.8, 4) is 0 Å². The number of hydrogen-bond acceptors (Lipinski definition) is 2. The molecule has 2 atom stereocenters. The largest absolute Gasteiger partial charge is 0.313 e. The standard InChI is InChI=1S/C16H30N2/c1-4-10-16-14(6-1)7-5-12-18(16)13-11-17-15-8-2-3-9-15/h14-17H,1-13H2/t14-,16-/m1/s1. The van der Waals surface area contributed by atoms with Crippen LogP contribution >= 0.6 is 0 Å². The number of hydrogen-bond donors (Lipinski definition) is 1. The molecular weight excluding hydrogens is 220 g/mol. The molecule has 3 rings (SSSR count). The van der Waals surface area contributed by atoms with Gasteiger partial charge in [0.1, 0.15) is 0 Å². The van der Waals surface area contributed by atoms with E-state index in [0.29, 0.717) is 0 Å².